The molecule has 40 heavy (non-hydrogen) atoms. The van der Waals surface area contributed by atoms with Gasteiger partial charge in [-0.05, 0) is 78.6 Å². The molecule has 3 aromatic carbocycles. The van der Waals surface area contributed by atoms with Crippen LogP contribution < -0.4 is 0 Å². The molecule has 0 amide bonds. The van der Waals surface area contributed by atoms with Gasteiger partial charge in [0.15, 0.2) is 0 Å². The normalized spacial score (nSPS) is 11.8. The van der Waals surface area contributed by atoms with Crippen LogP contribution in [0, 0.1) is 13.8 Å². The van der Waals surface area contributed by atoms with Crippen LogP contribution >= 0.6 is 0 Å². The summed E-state index contributed by atoms with van der Waals surface area (Å²) >= 11 is 0. The Morgan fingerprint density at radius 1 is 0.750 bits per heavy atom. The lowest BCUT2D eigenvalue weighted by atomic mass is 9.87. The van der Waals surface area contributed by atoms with Gasteiger partial charge in [-0.2, -0.15) is 5.10 Å². The largest absolute Gasteiger partial charge is 0.507 e. The quantitative estimate of drug-likeness (QED) is 0.227. The number of nitrogens with zero attached hydrogens (tertiary/aromatic N) is 4. The van der Waals surface area contributed by atoms with Crippen LogP contribution in [0.15, 0.2) is 72.9 Å². The Hall–Kier alpha value is -4.12. The molecule has 5 nitrogen and oxygen atoms in total. The van der Waals surface area contributed by atoms with Crippen molar-refractivity contribution in [3.63, 3.8) is 0 Å². The third-order valence-electron chi connectivity index (χ3n) is 7.59. The number of benzene rings is 3. The lowest BCUT2D eigenvalue weighted by Gasteiger charge is -2.24. The molecule has 0 atom stereocenters. The smallest absolute Gasteiger partial charge is 0.148 e. The van der Waals surface area contributed by atoms with Crippen LogP contribution in [0.3, 0.4) is 0 Å². The predicted octanol–water partition coefficient (Wildman–Crippen LogP) is 9.08. The molecule has 0 fully saturated rings. The van der Waals surface area contributed by atoms with Crippen LogP contribution in [0.4, 0.5) is 0 Å². The van der Waals surface area contributed by atoms with Crippen molar-refractivity contribution in [3.05, 3.63) is 101 Å². The van der Waals surface area contributed by atoms with Gasteiger partial charge in [-0.1, -0.05) is 77.9 Å². The van der Waals surface area contributed by atoms with Crippen LogP contribution in [0.2, 0.25) is 0 Å². The summed E-state index contributed by atoms with van der Waals surface area (Å²) in [6, 6.07) is 22.6. The number of para-hydroxylation sites is 1. The molecular formula is C35H40N4O. The van der Waals surface area contributed by atoms with E-state index in [9.17, 15) is 5.11 Å². The summed E-state index contributed by atoms with van der Waals surface area (Å²) in [5, 5.41) is 15.6. The SMILES string of the molecule is Cc1cc(C)n(-c2cccc(-c3cn(-c4c(C(C)C)cc(C(C)C)cc4C(C)C)c(-c4ccccc4O)n3)c2)n1. The van der Waals surface area contributed by atoms with Crippen molar-refractivity contribution in [1.29, 1.82) is 0 Å². The van der Waals surface area contributed by atoms with Gasteiger partial charge in [0.05, 0.1) is 28.3 Å². The Labute approximate surface area is 238 Å². The highest BCUT2D eigenvalue weighted by Gasteiger charge is 2.24. The van der Waals surface area contributed by atoms with E-state index in [0.717, 1.165) is 39.8 Å². The number of aromatic nitrogens is 4. The molecule has 5 rings (SSSR count). The van der Waals surface area contributed by atoms with Crippen molar-refractivity contribution in [2.75, 3.05) is 0 Å². The zero-order valence-electron chi connectivity index (χ0n) is 24.9. The van der Waals surface area contributed by atoms with Crippen molar-refractivity contribution in [2.45, 2.75) is 73.1 Å². The second-order valence-corrected chi connectivity index (χ2v) is 11.7. The van der Waals surface area contributed by atoms with E-state index in [1.807, 2.05) is 29.8 Å². The lowest BCUT2D eigenvalue weighted by Crippen LogP contribution is -2.10. The highest BCUT2D eigenvalue weighted by atomic mass is 16.3. The minimum absolute atomic E-state index is 0.216. The number of hydrogen-bond donors (Lipinski definition) is 1. The third-order valence-corrected chi connectivity index (χ3v) is 7.59. The van der Waals surface area contributed by atoms with Gasteiger partial charge in [-0.15, -0.1) is 0 Å². The van der Waals surface area contributed by atoms with Crippen LogP contribution in [-0.2, 0) is 0 Å². The van der Waals surface area contributed by atoms with Gasteiger partial charge in [0.2, 0.25) is 0 Å². The zero-order chi connectivity index (χ0) is 28.7. The minimum atomic E-state index is 0.216. The van der Waals surface area contributed by atoms with Crippen LogP contribution in [-0.4, -0.2) is 24.4 Å². The Bertz CT molecular complexity index is 1640. The average Bonchev–Trinajstić information content (AvgIpc) is 3.50. The summed E-state index contributed by atoms with van der Waals surface area (Å²) in [4.78, 5) is 5.18. The Morgan fingerprint density at radius 2 is 1.43 bits per heavy atom. The molecule has 0 aliphatic carbocycles. The number of imidazole rings is 1. The summed E-state index contributed by atoms with van der Waals surface area (Å²) in [6.07, 6.45) is 2.13. The Morgan fingerprint density at radius 3 is 2.00 bits per heavy atom. The number of aromatic hydroxyl groups is 1. The summed E-state index contributed by atoms with van der Waals surface area (Å²) in [7, 11) is 0. The molecule has 1 N–H and O–H groups in total. The Kier molecular flexibility index (Phi) is 7.41. The van der Waals surface area contributed by atoms with E-state index in [2.05, 4.69) is 107 Å². The van der Waals surface area contributed by atoms with Gasteiger partial charge in [-0.25, -0.2) is 9.67 Å². The van der Waals surface area contributed by atoms with E-state index in [1.165, 1.54) is 16.7 Å². The zero-order valence-corrected chi connectivity index (χ0v) is 24.9. The van der Waals surface area contributed by atoms with Gasteiger partial charge in [-0.3, -0.25) is 4.57 Å². The molecule has 0 saturated carbocycles. The number of phenols is 1. The third kappa shape index (κ3) is 5.08. The highest BCUT2D eigenvalue weighted by molar-refractivity contribution is 5.73. The first kappa shape index (κ1) is 27.4. The van der Waals surface area contributed by atoms with Crippen molar-refractivity contribution < 1.29 is 5.11 Å². The molecule has 0 bridgehead atoms. The molecular weight excluding hydrogens is 492 g/mol. The van der Waals surface area contributed by atoms with E-state index in [0.29, 0.717) is 23.3 Å². The fraction of sp³-hybridized carbons (Fsp3) is 0.314. The molecule has 0 saturated heterocycles. The monoisotopic (exact) mass is 532 g/mol. The van der Waals surface area contributed by atoms with E-state index in [-0.39, 0.29) is 5.75 Å². The fourth-order valence-electron chi connectivity index (χ4n) is 5.43. The van der Waals surface area contributed by atoms with Gasteiger partial charge >= 0.3 is 0 Å². The molecule has 206 valence electrons. The topological polar surface area (TPSA) is 55.9 Å². The first-order valence-electron chi connectivity index (χ1n) is 14.2. The second-order valence-electron chi connectivity index (χ2n) is 11.7. The van der Waals surface area contributed by atoms with Crippen molar-refractivity contribution in [2.24, 2.45) is 0 Å². The molecule has 0 radical (unpaired) electrons. The van der Waals surface area contributed by atoms with Gasteiger partial charge in [0, 0.05) is 17.5 Å². The maximum atomic E-state index is 10.9. The molecule has 5 heteroatoms. The molecule has 0 aliphatic rings. The number of rotatable bonds is 7. The molecule has 5 aromatic rings. The molecule has 0 spiro atoms. The Balaban J connectivity index is 1.79. The van der Waals surface area contributed by atoms with E-state index < -0.39 is 0 Å². The molecule has 0 unspecified atom stereocenters. The summed E-state index contributed by atoms with van der Waals surface area (Å²) in [5.74, 6) is 1.99. The summed E-state index contributed by atoms with van der Waals surface area (Å²) in [5.41, 5.74) is 10.7. The standard InChI is InChI=1S/C35H40N4O/c1-21(2)27-18-30(22(3)4)34(31(19-27)23(5)6)38-20-32(36-35(38)29-14-9-10-15-33(29)40)26-12-11-13-28(17-26)39-25(8)16-24(7)37-39/h9-23,40H,1-8H3. The highest BCUT2D eigenvalue weighted by Crippen LogP contribution is 2.40. The minimum Gasteiger partial charge on any atom is -0.507 e. The van der Waals surface area contributed by atoms with Crippen molar-refractivity contribution in [3.8, 4) is 39.8 Å². The molecule has 0 aliphatic heterocycles. The molecule has 2 heterocycles. The second kappa shape index (κ2) is 10.8. The maximum Gasteiger partial charge on any atom is 0.148 e. The van der Waals surface area contributed by atoms with Crippen LogP contribution in [0.5, 0.6) is 5.75 Å². The van der Waals surface area contributed by atoms with Crippen molar-refractivity contribution in [1.82, 2.24) is 19.3 Å². The van der Waals surface area contributed by atoms with Gasteiger partial charge in [0.25, 0.3) is 0 Å². The number of aryl methyl sites for hydroxylation is 2. The van der Waals surface area contributed by atoms with Gasteiger partial charge in [0.1, 0.15) is 11.6 Å². The summed E-state index contributed by atoms with van der Waals surface area (Å²) < 4.78 is 4.17. The van der Waals surface area contributed by atoms with E-state index >= 15 is 0 Å². The first-order valence-corrected chi connectivity index (χ1v) is 14.2. The lowest BCUT2D eigenvalue weighted by molar-refractivity contribution is 0.477. The molecule has 2 aromatic heterocycles. The van der Waals surface area contributed by atoms with Crippen molar-refractivity contribution >= 4 is 0 Å². The first-order chi connectivity index (χ1) is 19.0. The van der Waals surface area contributed by atoms with E-state index in [1.54, 1.807) is 6.07 Å². The van der Waals surface area contributed by atoms with Gasteiger partial charge < -0.3 is 5.11 Å². The average molecular weight is 533 g/mol. The fourth-order valence-corrected chi connectivity index (χ4v) is 5.43. The predicted molar refractivity (Wildman–Crippen MR) is 165 cm³/mol. The van der Waals surface area contributed by atoms with Crippen LogP contribution in [0.25, 0.3) is 34.0 Å². The van der Waals surface area contributed by atoms with Crippen LogP contribution in [0.1, 0.15) is 87.4 Å². The van der Waals surface area contributed by atoms with E-state index in [4.69, 9.17) is 4.98 Å². The summed E-state index contributed by atoms with van der Waals surface area (Å²) in [6.45, 7) is 17.6. The number of phenolic OH excluding ortho intramolecular Hbond substituents is 1. The number of hydrogen-bond acceptors (Lipinski definition) is 3. The maximum absolute atomic E-state index is 10.9.